The molecule has 20 heavy (non-hydrogen) atoms. The van der Waals surface area contributed by atoms with E-state index in [1.165, 1.54) is 19.5 Å². The van der Waals surface area contributed by atoms with E-state index in [9.17, 15) is 10.1 Å². The first-order chi connectivity index (χ1) is 9.76. The van der Waals surface area contributed by atoms with E-state index in [4.69, 9.17) is 4.74 Å². The van der Waals surface area contributed by atoms with Crippen molar-refractivity contribution in [3.05, 3.63) is 59.9 Å². The lowest BCUT2D eigenvalue weighted by Gasteiger charge is -2.13. The van der Waals surface area contributed by atoms with Gasteiger partial charge in [0.1, 0.15) is 11.8 Å². The van der Waals surface area contributed by atoms with Crippen LogP contribution in [0.15, 0.2) is 48.8 Å². The highest BCUT2D eigenvalue weighted by molar-refractivity contribution is 5.97. The Bertz CT molecular complexity index is 635. The molecule has 0 spiro atoms. The van der Waals surface area contributed by atoms with Gasteiger partial charge in [0.15, 0.2) is 0 Å². The zero-order chi connectivity index (χ0) is 14.4. The number of nitriles is 1. The number of benzene rings is 1. The number of nitrogens with one attached hydrogen (secondary N) is 1. The molecule has 1 N–H and O–H groups in total. The lowest BCUT2D eigenvalue weighted by atomic mass is 10.1. The number of methoxy groups -OCH3 is 1. The number of nitrogens with zero attached hydrogens (tertiary/aromatic N) is 2. The van der Waals surface area contributed by atoms with E-state index in [-0.39, 0.29) is 5.91 Å². The Labute approximate surface area is 116 Å². The second kappa shape index (κ2) is 6.34. The van der Waals surface area contributed by atoms with Crippen LogP contribution >= 0.6 is 0 Å². The van der Waals surface area contributed by atoms with Crippen molar-refractivity contribution in [2.45, 2.75) is 6.04 Å². The fraction of sp³-hybridized carbons (Fsp3) is 0.133. The fourth-order valence-corrected chi connectivity index (χ4v) is 1.77. The summed E-state index contributed by atoms with van der Waals surface area (Å²) in [6.45, 7) is 0. The van der Waals surface area contributed by atoms with Crippen LogP contribution in [0.4, 0.5) is 0 Å². The lowest BCUT2D eigenvalue weighted by molar-refractivity contribution is 0.0942. The first-order valence-corrected chi connectivity index (χ1v) is 5.99. The maximum absolute atomic E-state index is 12.2. The van der Waals surface area contributed by atoms with Crippen LogP contribution in [0, 0.1) is 11.3 Å². The molecule has 0 saturated carbocycles. The smallest absolute Gasteiger partial charge is 0.256 e. The second-order valence-electron chi connectivity index (χ2n) is 4.02. The van der Waals surface area contributed by atoms with Gasteiger partial charge in [0, 0.05) is 6.20 Å². The summed E-state index contributed by atoms with van der Waals surface area (Å²) >= 11 is 0. The van der Waals surface area contributed by atoms with Crippen LogP contribution in [0.1, 0.15) is 22.0 Å². The minimum Gasteiger partial charge on any atom is -0.494 e. The van der Waals surface area contributed by atoms with E-state index >= 15 is 0 Å². The molecule has 0 radical (unpaired) electrons. The Morgan fingerprint density at radius 1 is 1.35 bits per heavy atom. The van der Waals surface area contributed by atoms with Crippen molar-refractivity contribution in [1.29, 1.82) is 5.26 Å². The van der Waals surface area contributed by atoms with Gasteiger partial charge in [-0.05, 0) is 11.6 Å². The Hall–Kier alpha value is -2.87. The molecule has 5 nitrogen and oxygen atoms in total. The summed E-state index contributed by atoms with van der Waals surface area (Å²) in [4.78, 5) is 16.1. The molecule has 2 aromatic rings. The monoisotopic (exact) mass is 267 g/mol. The van der Waals surface area contributed by atoms with Gasteiger partial charge >= 0.3 is 0 Å². The maximum Gasteiger partial charge on any atom is 0.256 e. The normalized spacial score (nSPS) is 11.2. The third-order valence-electron chi connectivity index (χ3n) is 2.79. The topological polar surface area (TPSA) is 75.0 Å². The van der Waals surface area contributed by atoms with Gasteiger partial charge in [-0.2, -0.15) is 5.26 Å². The molecule has 1 heterocycles. The first kappa shape index (κ1) is 13.6. The molecular formula is C15H13N3O2. The molecule has 0 saturated heterocycles. The summed E-state index contributed by atoms with van der Waals surface area (Å²) in [6.07, 6.45) is 2.96. The number of carbonyl (C=O) groups excluding carboxylic acids is 1. The summed E-state index contributed by atoms with van der Waals surface area (Å²) in [5, 5.41) is 11.9. The van der Waals surface area contributed by atoms with Crippen molar-refractivity contribution in [1.82, 2.24) is 10.3 Å². The number of aromatic nitrogens is 1. The summed E-state index contributed by atoms with van der Waals surface area (Å²) in [5.74, 6) is -0.00518. The highest BCUT2D eigenvalue weighted by Crippen LogP contribution is 2.18. The van der Waals surface area contributed by atoms with Crippen molar-refractivity contribution >= 4 is 5.91 Å². The molecule has 0 fully saturated rings. The van der Waals surface area contributed by atoms with Gasteiger partial charge in [0.25, 0.3) is 5.91 Å². The molecule has 0 aliphatic heterocycles. The van der Waals surface area contributed by atoms with Crippen molar-refractivity contribution in [2.24, 2.45) is 0 Å². The number of hydrogen-bond donors (Lipinski definition) is 1. The highest BCUT2D eigenvalue weighted by Gasteiger charge is 2.17. The predicted molar refractivity (Wildman–Crippen MR) is 73.1 cm³/mol. The third kappa shape index (κ3) is 2.93. The van der Waals surface area contributed by atoms with E-state index in [0.717, 1.165) is 5.56 Å². The molecule has 1 aromatic heterocycles. The molecule has 1 aromatic carbocycles. The molecule has 1 unspecified atom stereocenters. The molecule has 1 amide bonds. The van der Waals surface area contributed by atoms with Crippen molar-refractivity contribution < 1.29 is 9.53 Å². The first-order valence-electron chi connectivity index (χ1n) is 5.99. The molecular weight excluding hydrogens is 254 g/mol. The number of hydrogen-bond acceptors (Lipinski definition) is 4. The average molecular weight is 267 g/mol. The Kier molecular flexibility index (Phi) is 4.30. The molecule has 100 valence electrons. The van der Waals surface area contributed by atoms with Crippen LogP contribution in [0.3, 0.4) is 0 Å². The summed E-state index contributed by atoms with van der Waals surface area (Å²) in [7, 11) is 1.47. The zero-order valence-corrected chi connectivity index (χ0v) is 10.9. The minimum absolute atomic E-state index is 0.346. The van der Waals surface area contributed by atoms with E-state index in [0.29, 0.717) is 11.3 Å². The van der Waals surface area contributed by atoms with E-state index in [2.05, 4.69) is 16.4 Å². The van der Waals surface area contributed by atoms with Crippen LogP contribution in [-0.4, -0.2) is 18.0 Å². The van der Waals surface area contributed by atoms with Gasteiger partial charge in [0.2, 0.25) is 0 Å². The van der Waals surface area contributed by atoms with Crippen LogP contribution in [0.2, 0.25) is 0 Å². The van der Waals surface area contributed by atoms with Crippen LogP contribution < -0.4 is 10.1 Å². The second-order valence-corrected chi connectivity index (χ2v) is 4.02. The maximum atomic E-state index is 12.2. The summed E-state index contributed by atoms with van der Waals surface area (Å²) < 4.78 is 5.08. The fourth-order valence-electron chi connectivity index (χ4n) is 1.77. The van der Waals surface area contributed by atoms with Crippen molar-refractivity contribution in [2.75, 3.05) is 7.11 Å². The van der Waals surface area contributed by atoms with E-state index in [1.54, 1.807) is 18.2 Å². The predicted octanol–water partition coefficient (Wildman–Crippen LogP) is 2.08. The quantitative estimate of drug-likeness (QED) is 0.920. The Balaban J connectivity index is 2.20. The summed E-state index contributed by atoms with van der Waals surface area (Å²) in [6, 6.07) is 12.0. The van der Waals surface area contributed by atoms with Gasteiger partial charge in [-0.25, -0.2) is 0 Å². The minimum atomic E-state index is -0.707. The van der Waals surface area contributed by atoms with Gasteiger partial charge in [-0.3, -0.25) is 9.78 Å². The Morgan fingerprint density at radius 2 is 2.10 bits per heavy atom. The largest absolute Gasteiger partial charge is 0.494 e. The van der Waals surface area contributed by atoms with E-state index in [1.807, 2.05) is 18.2 Å². The van der Waals surface area contributed by atoms with E-state index < -0.39 is 6.04 Å². The van der Waals surface area contributed by atoms with Crippen LogP contribution in [0.5, 0.6) is 5.75 Å². The Morgan fingerprint density at radius 3 is 2.75 bits per heavy atom. The molecule has 2 rings (SSSR count). The number of ether oxygens (including phenoxy) is 1. The molecule has 0 aliphatic carbocycles. The highest BCUT2D eigenvalue weighted by atomic mass is 16.5. The van der Waals surface area contributed by atoms with Gasteiger partial charge < -0.3 is 10.1 Å². The lowest BCUT2D eigenvalue weighted by Crippen LogP contribution is -2.28. The number of rotatable bonds is 4. The van der Waals surface area contributed by atoms with Crippen LogP contribution in [0.25, 0.3) is 0 Å². The SMILES string of the molecule is COc1cnccc1C(=O)NC(C#N)c1ccccc1. The van der Waals surface area contributed by atoms with Crippen molar-refractivity contribution in [3.8, 4) is 11.8 Å². The molecule has 5 heteroatoms. The standard InChI is InChI=1S/C15H13N3O2/c1-20-14-10-17-8-7-12(14)15(19)18-13(9-16)11-5-3-2-4-6-11/h2-8,10,13H,1H3,(H,18,19). The van der Waals surface area contributed by atoms with Gasteiger partial charge in [0.05, 0.1) is 24.9 Å². The number of carbonyl (C=O) groups is 1. The zero-order valence-electron chi connectivity index (χ0n) is 10.9. The molecule has 0 aliphatic rings. The number of pyridine rings is 1. The average Bonchev–Trinajstić information content (AvgIpc) is 2.53. The van der Waals surface area contributed by atoms with Gasteiger partial charge in [-0.1, -0.05) is 30.3 Å². The molecule has 1 atom stereocenters. The summed E-state index contributed by atoms with van der Waals surface area (Å²) in [5.41, 5.74) is 1.08. The van der Waals surface area contributed by atoms with Crippen LogP contribution in [-0.2, 0) is 0 Å². The number of amides is 1. The van der Waals surface area contributed by atoms with Gasteiger partial charge in [-0.15, -0.1) is 0 Å². The molecule has 0 bridgehead atoms. The third-order valence-corrected chi connectivity index (χ3v) is 2.79. The van der Waals surface area contributed by atoms with Crippen molar-refractivity contribution in [3.63, 3.8) is 0 Å².